The molecule has 84 valence electrons. The molecular weight excluding hydrogens is 230 g/mol. The van der Waals surface area contributed by atoms with Gasteiger partial charge < -0.3 is 10.6 Å². The second kappa shape index (κ2) is 4.68. The Morgan fingerprint density at radius 2 is 2.47 bits per heavy atom. The van der Waals surface area contributed by atoms with Gasteiger partial charge in [0.2, 0.25) is 0 Å². The third-order valence-corrected chi connectivity index (χ3v) is 4.07. The zero-order valence-corrected chi connectivity index (χ0v) is 10.4. The van der Waals surface area contributed by atoms with E-state index in [1.54, 1.807) is 11.3 Å². The van der Waals surface area contributed by atoms with Crippen molar-refractivity contribution in [2.45, 2.75) is 38.3 Å². The number of thiazole rings is 1. The molecule has 1 saturated heterocycles. The van der Waals surface area contributed by atoms with Crippen LogP contribution in [0, 0.1) is 0 Å². The summed E-state index contributed by atoms with van der Waals surface area (Å²) in [6.45, 7) is 3.12. The van der Waals surface area contributed by atoms with Gasteiger partial charge in [0.25, 0.3) is 0 Å². The number of halogens is 1. The van der Waals surface area contributed by atoms with Crippen molar-refractivity contribution in [2.24, 2.45) is 5.73 Å². The minimum absolute atomic E-state index is 0.188. The molecule has 2 unspecified atom stereocenters. The van der Waals surface area contributed by atoms with E-state index in [1.165, 1.54) is 12.8 Å². The summed E-state index contributed by atoms with van der Waals surface area (Å²) in [4.78, 5) is 6.63. The average Bonchev–Trinajstić information content (AvgIpc) is 2.65. The molecular formula is C10H16ClN3S. The first kappa shape index (κ1) is 11.2. The number of nitrogens with two attached hydrogens (primary N) is 1. The Balaban J connectivity index is 2.17. The van der Waals surface area contributed by atoms with Gasteiger partial charge in [-0.3, -0.25) is 0 Å². The smallest absolute Gasteiger partial charge is 0.187 e. The molecule has 0 aliphatic carbocycles. The van der Waals surface area contributed by atoms with Gasteiger partial charge in [0.05, 0.1) is 0 Å². The molecule has 2 N–H and O–H groups in total. The number of piperidine rings is 1. The highest BCUT2D eigenvalue weighted by Gasteiger charge is 2.27. The summed E-state index contributed by atoms with van der Waals surface area (Å²) in [6.07, 6.45) is 3.65. The van der Waals surface area contributed by atoms with Crippen molar-refractivity contribution in [1.82, 2.24) is 4.98 Å². The Labute approximate surface area is 99.2 Å². The van der Waals surface area contributed by atoms with E-state index in [1.807, 2.05) is 5.38 Å². The van der Waals surface area contributed by atoms with E-state index in [2.05, 4.69) is 16.8 Å². The summed E-state index contributed by atoms with van der Waals surface area (Å²) in [6, 6.07) is 0.606. The van der Waals surface area contributed by atoms with Crippen LogP contribution in [0.4, 0.5) is 5.13 Å². The van der Waals surface area contributed by atoms with Gasteiger partial charge in [-0.1, -0.05) is 11.6 Å². The maximum absolute atomic E-state index is 6.00. The van der Waals surface area contributed by atoms with E-state index in [0.29, 0.717) is 11.2 Å². The topological polar surface area (TPSA) is 42.1 Å². The minimum Gasteiger partial charge on any atom is -0.344 e. The van der Waals surface area contributed by atoms with Gasteiger partial charge in [0, 0.05) is 24.0 Å². The fraction of sp³-hybridized carbons (Fsp3) is 0.700. The molecule has 1 fully saturated rings. The Morgan fingerprint density at radius 3 is 3.07 bits per heavy atom. The van der Waals surface area contributed by atoms with E-state index in [9.17, 15) is 0 Å². The van der Waals surface area contributed by atoms with E-state index in [4.69, 9.17) is 17.3 Å². The molecule has 2 atom stereocenters. The van der Waals surface area contributed by atoms with E-state index >= 15 is 0 Å². The lowest BCUT2D eigenvalue weighted by Crippen LogP contribution is -2.49. The van der Waals surface area contributed by atoms with Crippen molar-refractivity contribution in [3.8, 4) is 0 Å². The van der Waals surface area contributed by atoms with Crippen LogP contribution in [-0.4, -0.2) is 23.6 Å². The molecule has 2 heterocycles. The van der Waals surface area contributed by atoms with Crippen LogP contribution >= 0.6 is 22.9 Å². The van der Waals surface area contributed by atoms with Crippen molar-refractivity contribution in [3.63, 3.8) is 0 Å². The molecule has 5 heteroatoms. The van der Waals surface area contributed by atoms with Crippen molar-refractivity contribution in [1.29, 1.82) is 0 Å². The molecule has 3 nitrogen and oxygen atoms in total. The van der Waals surface area contributed by atoms with Crippen LogP contribution in [-0.2, 0) is 0 Å². The highest BCUT2D eigenvalue weighted by atomic mass is 35.5. The van der Waals surface area contributed by atoms with Crippen LogP contribution in [0.5, 0.6) is 0 Å². The molecule has 0 spiro atoms. The average molecular weight is 246 g/mol. The standard InChI is InChI=1S/C10H16ClN3S/c1-7(12)8-4-2-3-5-14(8)10-13-9(11)6-15-10/h6-8H,2-5,12H2,1H3. The monoisotopic (exact) mass is 245 g/mol. The van der Waals surface area contributed by atoms with Gasteiger partial charge in [0.15, 0.2) is 5.13 Å². The van der Waals surface area contributed by atoms with Crippen molar-refractivity contribution >= 4 is 28.1 Å². The van der Waals surface area contributed by atoms with Crippen LogP contribution in [0.3, 0.4) is 0 Å². The first-order valence-electron chi connectivity index (χ1n) is 5.31. The van der Waals surface area contributed by atoms with E-state index in [-0.39, 0.29) is 6.04 Å². The third-order valence-electron chi connectivity index (χ3n) is 2.87. The van der Waals surface area contributed by atoms with Gasteiger partial charge in [-0.25, -0.2) is 4.98 Å². The van der Waals surface area contributed by atoms with Gasteiger partial charge in [-0.2, -0.15) is 0 Å². The summed E-state index contributed by atoms with van der Waals surface area (Å²) in [5.41, 5.74) is 6.00. The summed E-state index contributed by atoms with van der Waals surface area (Å²) >= 11 is 7.45. The first-order valence-corrected chi connectivity index (χ1v) is 6.57. The molecule has 0 saturated carbocycles. The maximum atomic E-state index is 6.00. The van der Waals surface area contributed by atoms with Crippen molar-refractivity contribution in [3.05, 3.63) is 10.5 Å². The normalized spacial score (nSPS) is 24.2. The van der Waals surface area contributed by atoms with Gasteiger partial charge in [0.1, 0.15) is 5.15 Å². The molecule has 1 aromatic rings. The van der Waals surface area contributed by atoms with E-state index in [0.717, 1.165) is 18.1 Å². The molecule has 0 aromatic carbocycles. The third kappa shape index (κ3) is 2.44. The van der Waals surface area contributed by atoms with Crippen LogP contribution < -0.4 is 10.6 Å². The van der Waals surface area contributed by atoms with Crippen LogP contribution in [0.1, 0.15) is 26.2 Å². The lowest BCUT2D eigenvalue weighted by atomic mass is 9.98. The fourth-order valence-electron chi connectivity index (χ4n) is 2.12. The molecule has 15 heavy (non-hydrogen) atoms. The molecule has 0 amide bonds. The molecule has 1 aliphatic rings. The molecule has 1 aliphatic heterocycles. The Bertz CT molecular complexity index is 326. The van der Waals surface area contributed by atoms with Gasteiger partial charge >= 0.3 is 0 Å². The second-order valence-corrected chi connectivity index (χ2v) is 5.29. The highest BCUT2D eigenvalue weighted by Crippen LogP contribution is 2.30. The van der Waals surface area contributed by atoms with Crippen molar-refractivity contribution in [2.75, 3.05) is 11.4 Å². The van der Waals surface area contributed by atoms with E-state index < -0.39 is 0 Å². The number of aromatic nitrogens is 1. The predicted molar refractivity (Wildman–Crippen MR) is 65.8 cm³/mol. The van der Waals surface area contributed by atoms with Crippen LogP contribution in [0.15, 0.2) is 5.38 Å². The summed E-state index contributed by atoms with van der Waals surface area (Å²) in [5.74, 6) is 0. The summed E-state index contributed by atoms with van der Waals surface area (Å²) in [5, 5.41) is 3.48. The minimum atomic E-state index is 0.188. The van der Waals surface area contributed by atoms with Gasteiger partial charge in [-0.05, 0) is 26.2 Å². The summed E-state index contributed by atoms with van der Waals surface area (Å²) < 4.78 is 0. The zero-order valence-electron chi connectivity index (χ0n) is 8.82. The number of rotatable bonds is 2. The Morgan fingerprint density at radius 1 is 1.67 bits per heavy atom. The molecule has 0 radical (unpaired) electrons. The maximum Gasteiger partial charge on any atom is 0.187 e. The van der Waals surface area contributed by atoms with Crippen molar-refractivity contribution < 1.29 is 0 Å². The lowest BCUT2D eigenvalue weighted by Gasteiger charge is -2.37. The Kier molecular flexibility index (Phi) is 3.49. The highest BCUT2D eigenvalue weighted by molar-refractivity contribution is 7.14. The Hall–Kier alpha value is -0.320. The largest absolute Gasteiger partial charge is 0.344 e. The fourth-order valence-corrected chi connectivity index (χ4v) is 3.15. The first-order chi connectivity index (χ1) is 7.18. The predicted octanol–water partition coefficient (Wildman–Crippen LogP) is 2.50. The molecule has 0 bridgehead atoms. The lowest BCUT2D eigenvalue weighted by molar-refractivity contribution is 0.413. The van der Waals surface area contributed by atoms with Gasteiger partial charge in [-0.15, -0.1) is 11.3 Å². The SMILES string of the molecule is CC(N)C1CCCCN1c1nc(Cl)cs1. The molecule has 2 rings (SSSR count). The summed E-state index contributed by atoms with van der Waals surface area (Å²) in [7, 11) is 0. The number of hydrogen-bond donors (Lipinski definition) is 1. The van der Waals surface area contributed by atoms with Crippen LogP contribution in [0.25, 0.3) is 0 Å². The number of nitrogens with zero attached hydrogens (tertiary/aromatic N) is 2. The number of hydrogen-bond acceptors (Lipinski definition) is 4. The zero-order chi connectivity index (χ0) is 10.8. The quantitative estimate of drug-likeness (QED) is 0.871. The van der Waals surface area contributed by atoms with Crippen LogP contribution in [0.2, 0.25) is 5.15 Å². The second-order valence-electron chi connectivity index (χ2n) is 4.07. The molecule has 1 aromatic heterocycles. The number of anilines is 1.